The Balaban J connectivity index is 2.93. The van der Waals surface area contributed by atoms with Gasteiger partial charge in [0.25, 0.3) is 0 Å². The third-order valence-electron chi connectivity index (χ3n) is 7.06. The molecule has 1 aromatic rings. The summed E-state index contributed by atoms with van der Waals surface area (Å²) in [7, 11) is -7.46. The molecule has 0 aliphatic carbocycles. The van der Waals surface area contributed by atoms with Crippen LogP contribution in [0.3, 0.4) is 0 Å². The number of rotatable bonds is 12. The van der Waals surface area contributed by atoms with Crippen molar-refractivity contribution in [1.82, 2.24) is 4.72 Å². The molecule has 0 fully saturated rings. The van der Waals surface area contributed by atoms with E-state index in [2.05, 4.69) is 91.2 Å². The Morgan fingerprint density at radius 3 is 1.97 bits per heavy atom. The van der Waals surface area contributed by atoms with E-state index in [0.717, 1.165) is 23.1 Å². The number of allylic oxidation sites excluding steroid dienone is 2. The van der Waals surface area contributed by atoms with Crippen molar-refractivity contribution in [1.29, 1.82) is 0 Å². The van der Waals surface area contributed by atoms with E-state index in [-0.39, 0.29) is 16.1 Å². The fraction of sp³-hybridized carbons (Fsp3) is 0.615. The van der Waals surface area contributed by atoms with Crippen LogP contribution in [0.5, 0.6) is 5.75 Å². The van der Waals surface area contributed by atoms with Crippen molar-refractivity contribution in [3.63, 3.8) is 0 Å². The second-order valence-electron chi connectivity index (χ2n) is 12.0. The van der Waals surface area contributed by atoms with E-state index in [4.69, 9.17) is 8.85 Å². The Labute approximate surface area is 211 Å². The van der Waals surface area contributed by atoms with Crippen LogP contribution in [-0.4, -0.2) is 37.7 Å². The van der Waals surface area contributed by atoms with E-state index in [0.29, 0.717) is 13.0 Å². The normalized spacial score (nSPS) is 14.9. The molecule has 1 atom stereocenters. The molecular formula is C26H47NO4SSi2. The number of aryl methyl sites for hydroxylation is 1. The minimum absolute atomic E-state index is 0.0547. The minimum Gasteiger partial charge on any atom is -0.544 e. The van der Waals surface area contributed by atoms with Crippen molar-refractivity contribution in [2.45, 2.75) is 96.7 Å². The van der Waals surface area contributed by atoms with E-state index in [1.54, 1.807) is 0 Å². The smallest absolute Gasteiger partial charge is 0.250 e. The number of hydrogen-bond acceptors (Lipinski definition) is 4. The summed E-state index contributed by atoms with van der Waals surface area (Å²) in [5, 5.41) is 1.34. The van der Waals surface area contributed by atoms with Crippen LogP contribution in [0, 0.1) is 0 Å². The average molecular weight is 526 g/mol. The molecule has 8 heteroatoms. The van der Waals surface area contributed by atoms with Gasteiger partial charge in [-0.2, -0.15) is 0 Å². The molecule has 0 unspecified atom stereocenters. The highest BCUT2D eigenvalue weighted by molar-refractivity contribution is 7.92. The lowest BCUT2D eigenvalue weighted by atomic mass is 10.1. The zero-order valence-corrected chi connectivity index (χ0v) is 25.8. The molecule has 0 radical (unpaired) electrons. The summed E-state index contributed by atoms with van der Waals surface area (Å²) in [5.74, 6) is 0.892. The molecule has 0 heterocycles. The summed E-state index contributed by atoms with van der Waals surface area (Å²) in [6.45, 7) is 26.0. The van der Waals surface area contributed by atoms with Crippen LogP contribution in [-0.2, 0) is 20.9 Å². The van der Waals surface area contributed by atoms with Crippen molar-refractivity contribution in [3.8, 4) is 5.75 Å². The van der Waals surface area contributed by atoms with Crippen LogP contribution < -0.4 is 9.15 Å². The third kappa shape index (κ3) is 9.81. The second kappa shape index (κ2) is 11.7. The molecule has 0 aliphatic rings. The van der Waals surface area contributed by atoms with E-state index in [1.165, 1.54) is 12.2 Å². The lowest BCUT2D eigenvalue weighted by Crippen LogP contribution is -2.46. The van der Waals surface area contributed by atoms with Crippen molar-refractivity contribution in [2.24, 2.45) is 0 Å². The Morgan fingerprint density at radius 1 is 0.971 bits per heavy atom. The molecule has 0 saturated heterocycles. The molecule has 5 nitrogen and oxygen atoms in total. The quantitative estimate of drug-likeness (QED) is 0.235. The van der Waals surface area contributed by atoms with Gasteiger partial charge < -0.3 is 8.85 Å². The lowest BCUT2D eigenvalue weighted by Gasteiger charge is -2.37. The Bertz CT molecular complexity index is 925. The van der Waals surface area contributed by atoms with Gasteiger partial charge in [0.05, 0.1) is 6.61 Å². The van der Waals surface area contributed by atoms with E-state index < -0.39 is 26.7 Å². The van der Waals surface area contributed by atoms with E-state index in [9.17, 15) is 8.42 Å². The highest BCUT2D eigenvalue weighted by Gasteiger charge is 2.39. The summed E-state index contributed by atoms with van der Waals surface area (Å²) in [5.41, 5.74) is 1.14. The lowest BCUT2D eigenvalue weighted by molar-refractivity contribution is 0.249. The molecule has 0 saturated carbocycles. The van der Waals surface area contributed by atoms with Gasteiger partial charge in [-0.25, -0.2) is 13.1 Å². The maximum absolute atomic E-state index is 12.5. The molecule has 0 aliphatic heterocycles. The molecule has 1 N–H and O–H groups in total. The Morgan fingerprint density at radius 2 is 1.50 bits per heavy atom. The van der Waals surface area contributed by atoms with Gasteiger partial charge in [-0.3, -0.25) is 0 Å². The first-order chi connectivity index (χ1) is 15.3. The van der Waals surface area contributed by atoms with Gasteiger partial charge in [0.1, 0.15) is 5.75 Å². The van der Waals surface area contributed by atoms with Crippen LogP contribution >= 0.6 is 0 Å². The molecule has 1 aromatic carbocycles. The summed E-state index contributed by atoms with van der Waals surface area (Å²) in [6.07, 6.45) is 4.25. The molecule has 0 bridgehead atoms. The predicted molar refractivity (Wildman–Crippen MR) is 151 cm³/mol. The maximum Gasteiger partial charge on any atom is 0.250 e. The fourth-order valence-corrected chi connectivity index (χ4v) is 5.77. The van der Waals surface area contributed by atoms with Gasteiger partial charge in [0, 0.05) is 11.4 Å². The second-order valence-corrected chi connectivity index (χ2v) is 23.2. The molecule has 0 amide bonds. The van der Waals surface area contributed by atoms with Crippen LogP contribution in [0.4, 0.5) is 0 Å². The van der Waals surface area contributed by atoms with E-state index in [1.807, 2.05) is 12.1 Å². The summed E-state index contributed by atoms with van der Waals surface area (Å²) in [6, 6.07) is 7.86. The average Bonchev–Trinajstić information content (AvgIpc) is 2.67. The number of hydrogen-bond donors (Lipinski definition) is 1. The van der Waals surface area contributed by atoms with Crippen LogP contribution in [0.1, 0.15) is 53.5 Å². The number of benzene rings is 1. The first-order valence-corrected chi connectivity index (χ1v) is 19.4. The minimum atomic E-state index is -3.57. The van der Waals surface area contributed by atoms with Gasteiger partial charge in [-0.1, -0.05) is 72.4 Å². The summed E-state index contributed by atoms with van der Waals surface area (Å²) < 4.78 is 40.5. The van der Waals surface area contributed by atoms with Gasteiger partial charge in [0.15, 0.2) is 8.32 Å². The fourth-order valence-electron chi connectivity index (χ4n) is 2.65. The number of sulfonamides is 1. The van der Waals surface area contributed by atoms with Gasteiger partial charge >= 0.3 is 0 Å². The van der Waals surface area contributed by atoms with Crippen LogP contribution in [0.15, 0.2) is 48.4 Å². The molecular weight excluding hydrogens is 479 g/mol. The topological polar surface area (TPSA) is 64.6 Å². The Hall–Kier alpha value is -1.20. The third-order valence-corrected chi connectivity index (χ3v) is 17.1. The molecule has 34 heavy (non-hydrogen) atoms. The van der Waals surface area contributed by atoms with E-state index >= 15 is 0 Å². The highest BCUT2D eigenvalue weighted by atomic mass is 32.2. The Kier molecular flexibility index (Phi) is 10.6. The first-order valence-electron chi connectivity index (χ1n) is 12.0. The maximum atomic E-state index is 12.5. The highest BCUT2D eigenvalue weighted by Crippen LogP contribution is 2.38. The summed E-state index contributed by atoms with van der Waals surface area (Å²) in [4.78, 5) is 0. The standard InChI is InChI=1S/C26H47NO4SSi2/c1-12-13-20-32(28,29)27-23(21-30-33(8,9)25(2,3)4)17-14-22-15-18-24(19-16-22)31-34(10,11)26(5,6)7/h12-13,15-16,18-20,23,27H,1,14,17,21H2,2-11H3/b20-13+/t23-/m0/s1. The van der Waals surface area contributed by atoms with Crippen molar-refractivity contribution in [2.75, 3.05) is 6.61 Å². The predicted octanol–water partition coefficient (Wildman–Crippen LogP) is 7.01. The molecule has 194 valence electrons. The van der Waals surface area contributed by atoms with Gasteiger partial charge in [0.2, 0.25) is 18.3 Å². The van der Waals surface area contributed by atoms with Gasteiger partial charge in [-0.15, -0.1) is 0 Å². The zero-order chi connectivity index (χ0) is 26.4. The summed E-state index contributed by atoms with van der Waals surface area (Å²) >= 11 is 0. The molecule has 0 aromatic heterocycles. The van der Waals surface area contributed by atoms with Gasteiger partial charge in [-0.05, 0) is 66.8 Å². The molecule has 0 spiro atoms. The largest absolute Gasteiger partial charge is 0.544 e. The van der Waals surface area contributed by atoms with Crippen molar-refractivity contribution < 1.29 is 17.3 Å². The van der Waals surface area contributed by atoms with Crippen LogP contribution in [0.25, 0.3) is 0 Å². The number of nitrogens with one attached hydrogen (secondary N) is 1. The SMILES string of the molecule is C=C/C=C/S(=O)(=O)N[C@@H](CCc1ccc(O[Si](C)(C)C(C)(C)C)cc1)CO[Si](C)(C)C(C)(C)C. The van der Waals surface area contributed by atoms with Crippen molar-refractivity contribution in [3.05, 3.63) is 54.0 Å². The monoisotopic (exact) mass is 525 g/mol. The first kappa shape index (κ1) is 30.8. The van der Waals surface area contributed by atoms with Crippen molar-refractivity contribution >= 4 is 26.7 Å². The molecule has 1 rings (SSSR count). The zero-order valence-electron chi connectivity index (χ0n) is 23.0. The van der Waals surface area contributed by atoms with Crippen LogP contribution in [0.2, 0.25) is 36.3 Å².